The fourth-order valence-corrected chi connectivity index (χ4v) is 2.06. The van der Waals surface area contributed by atoms with E-state index in [0.29, 0.717) is 25.1 Å². The van der Waals surface area contributed by atoms with Gasteiger partial charge in [0.1, 0.15) is 5.82 Å². The molecular weight excluding hydrogens is 257 g/mol. The molecule has 2 rings (SSSR count). The van der Waals surface area contributed by atoms with Crippen LogP contribution in [0.2, 0.25) is 0 Å². The van der Waals surface area contributed by atoms with Crippen molar-refractivity contribution in [3.63, 3.8) is 0 Å². The molecule has 0 bridgehead atoms. The quantitative estimate of drug-likeness (QED) is 0.845. The molecule has 5 heteroatoms. The minimum atomic E-state index is -0.159. The lowest BCUT2D eigenvalue weighted by molar-refractivity contribution is 0.187. The predicted molar refractivity (Wildman–Crippen MR) is 77.4 cm³/mol. The van der Waals surface area contributed by atoms with Crippen molar-refractivity contribution >= 4 is 5.95 Å². The van der Waals surface area contributed by atoms with Gasteiger partial charge in [0.25, 0.3) is 0 Å². The molecule has 1 heterocycles. The van der Waals surface area contributed by atoms with Crippen molar-refractivity contribution in [1.29, 1.82) is 0 Å². The van der Waals surface area contributed by atoms with Crippen LogP contribution in [-0.4, -0.2) is 29.8 Å². The molecule has 0 spiro atoms. The Morgan fingerprint density at radius 3 is 2.90 bits per heavy atom. The molecular formula is C15H20FN3O. The van der Waals surface area contributed by atoms with Crippen molar-refractivity contribution in [2.45, 2.75) is 19.9 Å². The van der Waals surface area contributed by atoms with E-state index in [9.17, 15) is 4.39 Å². The Morgan fingerprint density at radius 2 is 2.15 bits per heavy atom. The molecule has 0 radical (unpaired) electrons. The topological polar surface area (TPSA) is 39.1 Å². The number of anilines is 1. The molecule has 1 N–H and O–H groups in total. The van der Waals surface area contributed by atoms with Crippen LogP contribution in [0.25, 0.3) is 0 Å². The van der Waals surface area contributed by atoms with E-state index in [1.807, 2.05) is 23.8 Å². The highest BCUT2D eigenvalue weighted by Gasteiger charge is 2.06. The summed E-state index contributed by atoms with van der Waals surface area (Å²) < 4.78 is 20.6. The molecule has 0 saturated heterocycles. The third kappa shape index (κ3) is 3.81. The first kappa shape index (κ1) is 14.5. The Labute approximate surface area is 118 Å². The molecule has 0 aliphatic rings. The predicted octanol–water partition coefficient (Wildman–Crippen LogP) is 2.63. The molecule has 0 aliphatic carbocycles. The lowest BCUT2D eigenvalue weighted by Gasteiger charge is -2.09. The van der Waals surface area contributed by atoms with Crippen LogP contribution >= 0.6 is 0 Å². The minimum absolute atomic E-state index is 0.159. The number of imidazole rings is 1. The van der Waals surface area contributed by atoms with Gasteiger partial charge in [-0.1, -0.05) is 18.2 Å². The fraction of sp³-hybridized carbons (Fsp3) is 0.400. The second-order valence-electron chi connectivity index (χ2n) is 4.66. The summed E-state index contributed by atoms with van der Waals surface area (Å²) in [5.74, 6) is 0.643. The fourth-order valence-electron chi connectivity index (χ4n) is 2.06. The summed E-state index contributed by atoms with van der Waals surface area (Å²) in [4.78, 5) is 4.42. The zero-order chi connectivity index (χ0) is 14.4. The number of aromatic nitrogens is 2. The molecule has 0 unspecified atom stereocenters. The molecule has 108 valence electrons. The Balaban J connectivity index is 1.92. The summed E-state index contributed by atoms with van der Waals surface area (Å²) >= 11 is 0. The van der Waals surface area contributed by atoms with Crippen LogP contribution in [0.5, 0.6) is 0 Å². The van der Waals surface area contributed by atoms with Crippen molar-refractivity contribution in [1.82, 2.24) is 9.55 Å². The van der Waals surface area contributed by atoms with Crippen molar-refractivity contribution in [2.75, 3.05) is 25.6 Å². The summed E-state index contributed by atoms with van der Waals surface area (Å²) in [5, 5.41) is 3.25. The standard InChI is InChI=1S/C15H20FN3O/c1-12-11-19(9-10-20-2)15(18-12)17-8-7-13-5-3-4-6-14(13)16/h3-6,11H,7-10H2,1-2H3,(H,17,18). The van der Waals surface area contributed by atoms with Gasteiger partial charge in [-0.3, -0.25) is 0 Å². The molecule has 4 nitrogen and oxygen atoms in total. The van der Waals surface area contributed by atoms with Gasteiger partial charge >= 0.3 is 0 Å². The third-order valence-corrected chi connectivity index (χ3v) is 3.07. The van der Waals surface area contributed by atoms with E-state index in [1.54, 1.807) is 19.2 Å². The maximum atomic E-state index is 13.5. The van der Waals surface area contributed by atoms with Crippen LogP contribution < -0.4 is 5.32 Å². The number of ether oxygens (including phenoxy) is 1. The number of halogens is 1. The van der Waals surface area contributed by atoms with Gasteiger partial charge in [-0.2, -0.15) is 0 Å². The van der Waals surface area contributed by atoms with Gasteiger partial charge in [0, 0.05) is 26.4 Å². The number of hydrogen-bond acceptors (Lipinski definition) is 3. The second-order valence-corrected chi connectivity index (χ2v) is 4.66. The number of nitrogens with zero attached hydrogens (tertiary/aromatic N) is 2. The molecule has 20 heavy (non-hydrogen) atoms. The number of benzene rings is 1. The third-order valence-electron chi connectivity index (χ3n) is 3.07. The molecule has 2 aromatic rings. The molecule has 1 aromatic carbocycles. The molecule has 0 amide bonds. The Hall–Kier alpha value is -1.88. The van der Waals surface area contributed by atoms with Crippen LogP contribution in [-0.2, 0) is 17.7 Å². The highest BCUT2D eigenvalue weighted by molar-refractivity contribution is 5.29. The molecule has 0 fully saturated rings. The highest BCUT2D eigenvalue weighted by atomic mass is 19.1. The van der Waals surface area contributed by atoms with E-state index in [1.165, 1.54) is 6.07 Å². The number of rotatable bonds is 7. The highest BCUT2D eigenvalue weighted by Crippen LogP contribution is 2.10. The van der Waals surface area contributed by atoms with Gasteiger partial charge in [-0.05, 0) is 25.0 Å². The first-order chi connectivity index (χ1) is 9.70. The lowest BCUT2D eigenvalue weighted by Crippen LogP contribution is -2.12. The van der Waals surface area contributed by atoms with Crippen molar-refractivity contribution in [2.24, 2.45) is 0 Å². The van der Waals surface area contributed by atoms with Gasteiger partial charge in [-0.25, -0.2) is 9.37 Å². The Bertz CT molecular complexity index is 554. The Kier molecular flexibility index (Phi) is 5.12. The summed E-state index contributed by atoms with van der Waals surface area (Å²) in [5.41, 5.74) is 1.67. The summed E-state index contributed by atoms with van der Waals surface area (Å²) in [6.45, 7) is 3.98. The minimum Gasteiger partial charge on any atom is -0.383 e. The second kappa shape index (κ2) is 7.05. The smallest absolute Gasteiger partial charge is 0.203 e. The summed E-state index contributed by atoms with van der Waals surface area (Å²) in [6, 6.07) is 6.84. The van der Waals surface area contributed by atoms with Gasteiger partial charge in [0.2, 0.25) is 5.95 Å². The summed E-state index contributed by atoms with van der Waals surface area (Å²) in [7, 11) is 1.68. The zero-order valence-electron chi connectivity index (χ0n) is 11.9. The van der Waals surface area contributed by atoms with E-state index in [-0.39, 0.29) is 5.82 Å². The molecule has 0 aliphatic heterocycles. The van der Waals surface area contributed by atoms with Crippen LogP contribution in [0.4, 0.5) is 10.3 Å². The van der Waals surface area contributed by atoms with Crippen LogP contribution in [0.3, 0.4) is 0 Å². The van der Waals surface area contributed by atoms with Crippen molar-refractivity contribution < 1.29 is 9.13 Å². The van der Waals surface area contributed by atoms with Gasteiger partial charge < -0.3 is 14.6 Å². The number of nitrogens with one attached hydrogen (secondary N) is 1. The molecule has 1 aromatic heterocycles. The van der Waals surface area contributed by atoms with E-state index < -0.39 is 0 Å². The van der Waals surface area contributed by atoms with E-state index >= 15 is 0 Å². The maximum absolute atomic E-state index is 13.5. The van der Waals surface area contributed by atoms with Gasteiger partial charge in [-0.15, -0.1) is 0 Å². The van der Waals surface area contributed by atoms with E-state index in [4.69, 9.17) is 4.74 Å². The molecule has 0 saturated carbocycles. The van der Waals surface area contributed by atoms with Gasteiger partial charge in [0.15, 0.2) is 0 Å². The van der Waals surface area contributed by atoms with Gasteiger partial charge in [0.05, 0.1) is 12.3 Å². The normalized spacial score (nSPS) is 10.8. The largest absolute Gasteiger partial charge is 0.383 e. The first-order valence-electron chi connectivity index (χ1n) is 6.70. The lowest BCUT2D eigenvalue weighted by atomic mass is 10.1. The average Bonchev–Trinajstić information content (AvgIpc) is 2.79. The number of hydrogen-bond donors (Lipinski definition) is 1. The van der Waals surface area contributed by atoms with Crippen LogP contribution in [0.15, 0.2) is 30.5 Å². The van der Waals surface area contributed by atoms with Crippen molar-refractivity contribution in [3.05, 3.63) is 47.5 Å². The summed E-state index contributed by atoms with van der Waals surface area (Å²) in [6.07, 6.45) is 2.60. The van der Waals surface area contributed by atoms with E-state index in [2.05, 4.69) is 10.3 Å². The average molecular weight is 277 g/mol. The van der Waals surface area contributed by atoms with E-state index in [0.717, 1.165) is 18.2 Å². The monoisotopic (exact) mass is 277 g/mol. The Morgan fingerprint density at radius 1 is 1.35 bits per heavy atom. The SMILES string of the molecule is COCCn1cc(C)nc1NCCc1ccccc1F. The van der Waals surface area contributed by atoms with Crippen LogP contribution in [0.1, 0.15) is 11.3 Å². The number of aryl methyl sites for hydroxylation is 1. The zero-order valence-corrected chi connectivity index (χ0v) is 11.9. The number of methoxy groups -OCH3 is 1. The van der Waals surface area contributed by atoms with Crippen LogP contribution in [0, 0.1) is 12.7 Å². The van der Waals surface area contributed by atoms with Crippen molar-refractivity contribution in [3.8, 4) is 0 Å². The first-order valence-corrected chi connectivity index (χ1v) is 6.70. The molecule has 0 atom stereocenters. The maximum Gasteiger partial charge on any atom is 0.203 e.